The van der Waals surface area contributed by atoms with Crippen LogP contribution in [-0.2, 0) is 0 Å². The van der Waals surface area contributed by atoms with Crippen LogP contribution in [0, 0.1) is 0 Å². The van der Waals surface area contributed by atoms with Crippen molar-refractivity contribution in [1.29, 1.82) is 0 Å². The second-order valence-corrected chi connectivity index (χ2v) is 20.3. The third-order valence-corrected chi connectivity index (χ3v) is 17.8. The molecule has 12 aromatic rings. The highest BCUT2D eigenvalue weighted by Gasteiger charge is 2.41. The Morgan fingerprint density at radius 3 is 1.35 bits per heavy atom. The molecule has 0 saturated carbocycles. The first kappa shape index (κ1) is 36.8. The highest BCUT2D eigenvalue weighted by atomic mass is 28.3. The second kappa shape index (κ2) is 15.2. The number of para-hydroxylation sites is 2. The van der Waals surface area contributed by atoms with Gasteiger partial charge in [0, 0.05) is 32.9 Å². The van der Waals surface area contributed by atoms with Crippen LogP contribution >= 0.6 is 0 Å². The van der Waals surface area contributed by atoms with Crippen molar-refractivity contribution in [3.05, 3.63) is 255 Å². The predicted molar refractivity (Wildman–Crippen MR) is 270 cm³/mol. The van der Waals surface area contributed by atoms with Crippen LogP contribution in [0.1, 0.15) is 0 Å². The molecule has 0 bridgehead atoms. The Kier molecular flexibility index (Phi) is 8.87. The molecule has 12 rings (SSSR count). The fourth-order valence-corrected chi connectivity index (χ4v) is 15.1. The number of hydrogen-bond acceptors (Lipinski definition) is 0. The van der Waals surface area contributed by atoms with E-state index in [4.69, 9.17) is 0 Å². The Morgan fingerprint density at radius 2 is 0.730 bits per heavy atom. The monoisotopic (exact) mass is 818 g/mol. The molecule has 0 aliphatic heterocycles. The number of hydrogen-bond donors (Lipinski definition) is 0. The Morgan fingerprint density at radius 1 is 0.254 bits per heavy atom. The van der Waals surface area contributed by atoms with Gasteiger partial charge in [0.25, 0.3) is 0 Å². The van der Waals surface area contributed by atoms with E-state index in [0.29, 0.717) is 0 Å². The van der Waals surface area contributed by atoms with Crippen molar-refractivity contribution >= 4 is 72.4 Å². The normalized spacial score (nSPS) is 11.8. The van der Waals surface area contributed by atoms with E-state index in [9.17, 15) is 0 Å². The summed E-state index contributed by atoms with van der Waals surface area (Å²) in [6.45, 7) is 0. The van der Waals surface area contributed by atoms with Gasteiger partial charge in [-0.15, -0.1) is 0 Å². The Balaban J connectivity index is 1.16. The highest BCUT2D eigenvalue weighted by Crippen LogP contribution is 2.42. The van der Waals surface area contributed by atoms with Gasteiger partial charge in [0.1, 0.15) is 0 Å². The van der Waals surface area contributed by atoms with Crippen molar-refractivity contribution in [2.45, 2.75) is 0 Å². The maximum Gasteiger partial charge on any atom is 0.179 e. The molecule has 0 atom stereocenters. The smallest absolute Gasteiger partial charge is 0.179 e. The quantitative estimate of drug-likeness (QED) is 0.107. The van der Waals surface area contributed by atoms with Crippen molar-refractivity contribution in [1.82, 2.24) is 9.13 Å². The first-order chi connectivity index (χ1) is 31.3. The number of nitrogens with zero attached hydrogens (tertiary/aromatic N) is 2. The van der Waals surface area contributed by atoms with Gasteiger partial charge in [0.15, 0.2) is 8.07 Å². The lowest BCUT2D eigenvalue weighted by Crippen LogP contribution is -2.74. The van der Waals surface area contributed by atoms with Gasteiger partial charge in [-0.25, -0.2) is 0 Å². The van der Waals surface area contributed by atoms with E-state index in [1.165, 1.54) is 86.6 Å². The maximum absolute atomic E-state index is 2.77. The van der Waals surface area contributed by atoms with Crippen molar-refractivity contribution in [3.63, 3.8) is 0 Å². The van der Waals surface area contributed by atoms with Crippen LogP contribution < -0.4 is 20.7 Å². The van der Waals surface area contributed by atoms with Crippen LogP contribution in [0.5, 0.6) is 0 Å². The van der Waals surface area contributed by atoms with Gasteiger partial charge in [-0.3, -0.25) is 0 Å². The molecular formula is C60H42N2Si. The van der Waals surface area contributed by atoms with Gasteiger partial charge in [-0.2, -0.15) is 0 Å². The summed E-state index contributed by atoms with van der Waals surface area (Å²) in [7, 11) is -2.77. The molecule has 296 valence electrons. The molecule has 0 N–H and O–H groups in total. The molecule has 0 aliphatic carbocycles. The summed E-state index contributed by atoms with van der Waals surface area (Å²) in [5.74, 6) is 0. The van der Waals surface area contributed by atoms with E-state index in [2.05, 4.69) is 264 Å². The van der Waals surface area contributed by atoms with Crippen molar-refractivity contribution in [2.24, 2.45) is 0 Å². The van der Waals surface area contributed by atoms with E-state index in [1.54, 1.807) is 0 Å². The average Bonchev–Trinajstić information content (AvgIpc) is 3.88. The number of rotatable bonds is 8. The lowest BCUT2D eigenvalue weighted by Gasteiger charge is -2.34. The van der Waals surface area contributed by atoms with Crippen LogP contribution in [0.2, 0.25) is 0 Å². The molecule has 0 aliphatic rings. The van der Waals surface area contributed by atoms with Gasteiger partial charge in [-0.05, 0) is 85.5 Å². The lowest BCUT2D eigenvalue weighted by molar-refractivity contribution is 1.16. The first-order valence-corrected chi connectivity index (χ1v) is 23.8. The molecule has 0 amide bonds. The third-order valence-electron chi connectivity index (χ3n) is 13.0. The van der Waals surface area contributed by atoms with E-state index in [-0.39, 0.29) is 0 Å². The molecule has 2 aromatic heterocycles. The number of benzene rings is 10. The van der Waals surface area contributed by atoms with E-state index >= 15 is 0 Å². The highest BCUT2D eigenvalue weighted by molar-refractivity contribution is 7.20. The summed E-state index contributed by atoms with van der Waals surface area (Å²) < 4.78 is 4.97. The summed E-state index contributed by atoms with van der Waals surface area (Å²) in [6.07, 6.45) is 0. The van der Waals surface area contributed by atoms with Crippen molar-refractivity contribution < 1.29 is 0 Å². The average molecular weight is 819 g/mol. The van der Waals surface area contributed by atoms with Crippen LogP contribution in [0.15, 0.2) is 255 Å². The zero-order valence-electron chi connectivity index (χ0n) is 34.6. The molecule has 63 heavy (non-hydrogen) atoms. The molecule has 2 heterocycles. The third kappa shape index (κ3) is 5.93. The molecular weight excluding hydrogens is 777 g/mol. The largest absolute Gasteiger partial charge is 0.309 e. The van der Waals surface area contributed by atoms with E-state index < -0.39 is 8.07 Å². The molecule has 3 heteroatoms. The summed E-state index contributed by atoms with van der Waals surface area (Å²) in [6, 6.07) is 94.3. The Labute approximate surface area is 368 Å². The molecule has 0 spiro atoms. The fraction of sp³-hybridized carbons (Fsp3) is 0. The molecule has 0 fully saturated rings. The number of fused-ring (bicyclic) bond motifs is 6. The van der Waals surface area contributed by atoms with Crippen LogP contribution in [0.3, 0.4) is 0 Å². The zero-order valence-corrected chi connectivity index (χ0v) is 35.6. The summed E-state index contributed by atoms with van der Waals surface area (Å²) in [5, 5.41) is 10.4. The number of aromatic nitrogens is 2. The van der Waals surface area contributed by atoms with Gasteiger partial charge < -0.3 is 9.13 Å². The predicted octanol–water partition coefficient (Wildman–Crippen LogP) is 12.6. The van der Waals surface area contributed by atoms with Crippen LogP contribution in [-0.4, -0.2) is 17.2 Å². The van der Waals surface area contributed by atoms with Crippen molar-refractivity contribution in [3.8, 4) is 33.6 Å². The van der Waals surface area contributed by atoms with Gasteiger partial charge in [-0.1, -0.05) is 212 Å². The molecule has 10 aromatic carbocycles. The minimum atomic E-state index is -2.77. The Hall–Kier alpha value is -7.98. The van der Waals surface area contributed by atoms with Crippen LogP contribution in [0.4, 0.5) is 0 Å². The second-order valence-electron chi connectivity index (χ2n) is 16.5. The molecule has 0 saturated heterocycles. The van der Waals surface area contributed by atoms with E-state index in [0.717, 1.165) is 11.4 Å². The molecule has 0 radical (unpaired) electrons. The minimum absolute atomic E-state index is 1.13. The van der Waals surface area contributed by atoms with Gasteiger partial charge in [0.2, 0.25) is 0 Å². The van der Waals surface area contributed by atoms with Crippen molar-refractivity contribution in [2.75, 3.05) is 0 Å². The summed E-state index contributed by atoms with van der Waals surface area (Å²) in [5.41, 5.74) is 11.8. The van der Waals surface area contributed by atoms with Crippen LogP contribution in [0.25, 0.3) is 77.2 Å². The summed E-state index contributed by atoms with van der Waals surface area (Å²) in [4.78, 5) is 0. The van der Waals surface area contributed by atoms with E-state index in [1.807, 2.05) is 0 Å². The minimum Gasteiger partial charge on any atom is -0.309 e. The molecule has 2 nitrogen and oxygen atoms in total. The SMILES string of the molecule is c1ccc(-c2cccc(-n3c4ccccc4c4c(-c5ccccc5)cc(-n5c6ccccc6c6cc([Si](c7ccccc7)(c7ccccc7)c7ccccc7)ccc65)cc43)c2)cc1. The first-order valence-electron chi connectivity index (χ1n) is 21.8. The maximum atomic E-state index is 2.52. The molecule has 0 unspecified atom stereocenters. The van der Waals surface area contributed by atoms with Gasteiger partial charge >= 0.3 is 0 Å². The Bertz CT molecular complexity index is 3500. The van der Waals surface area contributed by atoms with Gasteiger partial charge in [0.05, 0.1) is 22.1 Å². The fourth-order valence-electron chi connectivity index (χ4n) is 10.3. The summed E-state index contributed by atoms with van der Waals surface area (Å²) >= 11 is 0. The zero-order chi connectivity index (χ0) is 41.7. The standard InChI is InChI=1S/C60H42N2Si/c1-6-21-43(22-7-1)45-25-20-26-46(39-45)61-57-36-19-17-34-53(57)60-54(44-23-8-2-9-24-44)40-47(41-59(60)61)62-56-35-18-16-33-52(56)55-42-51(37-38-58(55)62)63(48-27-10-3-11-28-48,49-29-12-4-13-30-49)50-31-14-5-15-32-50/h1-42H. The topological polar surface area (TPSA) is 9.86 Å². The lowest BCUT2D eigenvalue weighted by atomic mass is 9.98.